The summed E-state index contributed by atoms with van der Waals surface area (Å²) in [5.41, 5.74) is 2.25. The third-order valence-corrected chi connectivity index (χ3v) is 5.69. The van der Waals surface area contributed by atoms with Crippen LogP contribution in [0.2, 0.25) is 0 Å². The highest BCUT2D eigenvalue weighted by Crippen LogP contribution is 2.20. The van der Waals surface area contributed by atoms with Crippen molar-refractivity contribution in [2.45, 2.75) is 17.6 Å². The highest BCUT2D eigenvalue weighted by atomic mass is 32.2. The van der Waals surface area contributed by atoms with Crippen molar-refractivity contribution in [3.63, 3.8) is 0 Å². The van der Waals surface area contributed by atoms with Gasteiger partial charge >= 0.3 is 0 Å². The first-order valence-electron chi connectivity index (χ1n) is 6.06. The summed E-state index contributed by atoms with van der Waals surface area (Å²) in [5, 5.41) is 8.71. The molecule has 1 N–H and O–H groups in total. The molecule has 0 aliphatic rings. The number of rotatable bonds is 5. The van der Waals surface area contributed by atoms with E-state index in [1.807, 2.05) is 37.3 Å². The molecule has 0 saturated carbocycles. The van der Waals surface area contributed by atoms with Crippen LogP contribution in [0.25, 0.3) is 0 Å². The lowest BCUT2D eigenvalue weighted by Gasteiger charge is -2.05. The average molecular weight is 306 g/mol. The molecule has 2 rings (SSSR count). The first-order valence-corrected chi connectivity index (χ1v) is 8.36. The molecule has 2 aromatic rings. The van der Waals surface area contributed by atoms with E-state index in [4.69, 9.17) is 5.26 Å². The number of hydrogen-bond acceptors (Lipinski definition) is 4. The SMILES string of the molecule is Cc1cccc(CCNS(=O)(=O)c2ccc(C#N)s2)c1. The van der Waals surface area contributed by atoms with E-state index < -0.39 is 10.0 Å². The molecule has 20 heavy (non-hydrogen) atoms. The van der Waals surface area contributed by atoms with Crippen molar-refractivity contribution in [3.8, 4) is 6.07 Å². The molecule has 0 bridgehead atoms. The first kappa shape index (κ1) is 14.7. The molecule has 0 fully saturated rings. The fraction of sp³-hybridized carbons (Fsp3) is 0.214. The van der Waals surface area contributed by atoms with Crippen LogP contribution < -0.4 is 4.72 Å². The fourth-order valence-electron chi connectivity index (χ4n) is 1.79. The predicted octanol–water partition coefficient (Wildman–Crippen LogP) is 2.45. The molecular weight excluding hydrogens is 292 g/mol. The number of nitriles is 1. The van der Waals surface area contributed by atoms with Crippen LogP contribution >= 0.6 is 11.3 Å². The van der Waals surface area contributed by atoms with Gasteiger partial charge < -0.3 is 0 Å². The molecule has 6 heteroatoms. The number of nitrogens with zero attached hydrogens (tertiary/aromatic N) is 1. The number of aryl methyl sites for hydroxylation is 1. The minimum Gasteiger partial charge on any atom is -0.210 e. The zero-order chi connectivity index (χ0) is 14.6. The van der Waals surface area contributed by atoms with Crippen LogP contribution in [0.3, 0.4) is 0 Å². The molecule has 1 heterocycles. The Morgan fingerprint density at radius 1 is 1.30 bits per heavy atom. The van der Waals surface area contributed by atoms with Gasteiger partial charge in [-0.25, -0.2) is 13.1 Å². The zero-order valence-electron chi connectivity index (χ0n) is 11.0. The van der Waals surface area contributed by atoms with Crippen LogP contribution in [-0.2, 0) is 16.4 Å². The van der Waals surface area contributed by atoms with Crippen LogP contribution in [0.5, 0.6) is 0 Å². The smallest absolute Gasteiger partial charge is 0.210 e. The van der Waals surface area contributed by atoms with Gasteiger partial charge in [0.15, 0.2) is 0 Å². The maximum atomic E-state index is 12.0. The number of hydrogen-bond donors (Lipinski definition) is 1. The lowest BCUT2D eigenvalue weighted by atomic mass is 10.1. The Morgan fingerprint density at radius 2 is 2.10 bits per heavy atom. The van der Waals surface area contributed by atoms with Crippen LogP contribution in [-0.4, -0.2) is 15.0 Å². The number of sulfonamides is 1. The molecule has 0 unspecified atom stereocenters. The van der Waals surface area contributed by atoms with E-state index in [9.17, 15) is 8.42 Å². The second-order valence-electron chi connectivity index (χ2n) is 4.37. The molecule has 0 saturated heterocycles. The van der Waals surface area contributed by atoms with E-state index in [0.29, 0.717) is 17.8 Å². The molecular formula is C14H14N2O2S2. The Hall–Kier alpha value is -1.68. The lowest BCUT2D eigenvalue weighted by Crippen LogP contribution is -2.25. The van der Waals surface area contributed by atoms with E-state index in [2.05, 4.69) is 4.72 Å². The second-order valence-corrected chi connectivity index (χ2v) is 7.44. The van der Waals surface area contributed by atoms with Gasteiger partial charge in [0.1, 0.15) is 15.2 Å². The van der Waals surface area contributed by atoms with Gasteiger partial charge in [-0.1, -0.05) is 29.8 Å². The lowest BCUT2D eigenvalue weighted by molar-refractivity contribution is 0.584. The maximum absolute atomic E-state index is 12.0. The first-order chi connectivity index (χ1) is 9.51. The minimum absolute atomic E-state index is 0.179. The Kier molecular flexibility index (Phi) is 4.55. The fourth-order valence-corrected chi connectivity index (χ4v) is 3.97. The van der Waals surface area contributed by atoms with Crippen molar-refractivity contribution >= 4 is 21.4 Å². The number of nitrogens with one attached hydrogen (secondary N) is 1. The quantitative estimate of drug-likeness (QED) is 0.922. The topological polar surface area (TPSA) is 70.0 Å². The zero-order valence-corrected chi connectivity index (χ0v) is 12.6. The third-order valence-electron chi connectivity index (χ3n) is 2.74. The van der Waals surface area contributed by atoms with Gasteiger partial charge in [-0.3, -0.25) is 0 Å². The Balaban J connectivity index is 1.98. The van der Waals surface area contributed by atoms with Gasteiger partial charge in [0.05, 0.1) is 0 Å². The number of thiophene rings is 1. The van der Waals surface area contributed by atoms with Gasteiger partial charge in [-0.15, -0.1) is 11.3 Å². The molecule has 0 atom stereocenters. The third kappa shape index (κ3) is 3.67. The summed E-state index contributed by atoms with van der Waals surface area (Å²) in [6.07, 6.45) is 0.636. The maximum Gasteiger partial charge on any atom is 0.250 e. The van der Waals surface area contributed by atoms with E-state index in [0.717, 1.165) is 22.5 Å². The number of benzene rings is 1. The monoisotopic (exact) mass is 306 g/mol. The van der Waals surface area contributed by atoms with E-state index >= 15 is 0 Å². The van der Waals surface area contributed by atoms with Crippen molar-refractivity contribution < 1.29 is 8.42 Å². The summed E-state index contributed by atoms with van der Waals surface area (Å²) in [6.45, 7) is 2.34. The molecule has 0 aliphatic carbocycles. The highest BCUT2D eigenvalue weighted by Gasteiger charge is 2.16. The van der Waals surface area contributed by atoms with Crippen LogP contribution in [0, 0.1) is 18.3 Å². The molecule has 1 aromatic heterocycles. The van der Waals surface area contributed by atoms with Crippen molar-refractivity contribution in [2.24, 2.45) is 0 Å². The normalized spacial score (nSPS) is 11.2. The molecule has 0 radical (unpaired) electrons. The molecule has 0 spiro atoms. The molecule has 1 aromatic carbocycles. The summed E-state index contributed by atoms with van der Waals surface area (Å²) >= 11 is 0.977. The van der Waals surface area contributed by atoms with Crippen LogP contribution in [0.15, 0.2) is 40.6 Å². The van der Waals surface area contributed by atoms with Gasteiger partial charge in [0.2, 0.25) is 10.0 Å². The molecule has 4 nitrogen and oxygen atoms in total. The minimum atomic E-state index is -3.51. The van der Waals surface area contributed by atoms with Crippen molar-refractivity contribution in [3.05, 3.63) is 52.4 Å². The van der Waals surface area contributed by atoms with E-state index in [-0.39, 0.29) is 4.21 Å². The van der Waals surface area contributed by atoms with Crippen molar-refractivity contribution in [1.82, 2.24) is 4.72 Å². The largest absolute Gasteiger partial charge is 0.250 e. The summed E-state index contributed by atoms with van der Waals surface area (Å²) in [4.78, 5) is 0.393. The summed E-state index contributed by atoms with van der Waals surface area (Å²) in [6, 6.07) is 12.9. The standard InChI is InChI=1S/C14H14N2O2S2/c1-11-3-2-4-12(9-11)7-8-16-20(17,18)14-6-5-13(10-15)19-14/h2-6,9,16H,7-8H2,1H3. The predicted molar refractivity (Wildman–Crippen MR) is 79.1 cm³/mol. The average Bonchev–Trinajstić information content (AvgIpc) is 2.88. The molecule has 0 aliphatic heterocycles. The molecule has 0 amide bonds. The molecule has 104 valence electrons. The van der Waals surface area contributed by atoms with E-state index in [1.54, 1.807) is 0 Å². The summed E-state index contributed by atoms with van der Waals surface area (Å²) in [7, 11) is -3.51. The van der Waals surface area contributed by atoms with Gasteiger partial charge in [0, 0.05) is 6.54 Å². The van der Waals surface area contributed by atoms with Gasteiger partial charge in [0.25, 0.3) is 0 Å². The summed E-state index contributed by atoms with van der Waals surface area (Å²) in [5.74, 6) is 0. The van der Waals surface area contributed by atoms with Crippen molar-refractivity contribution in [1.29, 1.82) is 5.26 Å². The Bertz CT molecular complexity index is 743. The Labute approximate surface area is 122 Å². The Morgan fingerprint density at radius 3 is 2.75 bits per heavy atom. The van der Waals surface area contributed by atoms with E-state index in [1.165, 1.54) is 12.1 Å². The van der Waals surface area contributed by atoms with Gasteiger partial charge in [-0.05, 0) is 31.0 Å². The highest BCUT2D eigenvalue weighted by molar-refractivity contribution is 7.91. The van der Waals surface area contributed by atoms with Crippen molar-refractivity contribution in [2.75, 3.05) is 6.54 Å². The second kappa shape index (κ2) is 6.18. The van der Waals surface area contributed by atoms with Crippen LogP contribution in [0.4, 0.5) is 0 Å². The summed E-state index contributed by atoms with van der Waals surface area (Å²) < 4.78 is 26.7. The van der Waals surface area contributed by atoms with Crippen LogP contribution in [0.1, 0.15) is 16.0 Å². The van der Waals surface area contributed by atoms with Gasteiger partial charge in [-0.2, -0.15) is 5.26 Å².